The molecule has 0 spiro atoms. The van der Waals surface area contributed by atoms with Crippen LogP contribution in [0, 0.1) is 11.3 Å². The molecule has 3 aromatic carbocycles. The van der Waals surface area contributed by atoms with E-state index in [0.29, 0.717) is 13.0 Å². The van der Waals surface area contributed by atoms with Crippen LogP contribution in [0.2, 0.25) is 0 Å². The molecule has 13 nitrogen and oxygen atoms in total. The van der Waals surface area contributed by atoms with Crippen LogP contribution in [0.25, 0.3) is 0 Å². The number of nitrogens with zero attached hydrogens (tertiary/aromatic N) is 1. The number of carbonyl (C=O) groups excluding carboxylic acids is 5. The number of urea groups is 1. The van der Waals surface area contributed by atoms with Crippen molar-refractivity contribution in [2.45, 2.75) is 178 Å². The molecule has 4 saturated carbocycles. The van der Waals surface area contributed by atoms with Gasteiger partial charge in [-0.25, -0.2) is 4.79 Å². The third kappa shape index (κ3) is 14.7. The largest absolute Gasteiger partial charge is 0.481 e. The zero-order chi connectivity index (χ0) is 51.2. The van der Waals surface area contributed by atoms with E-state index in [9.17, 15) is 39.0 Å². The maximum atomic E-state index is 14.4. The number of aliphatic carboxylic acids is 1. The van der Waals surface area contributed by atoms with Crippen molar-refractivity contribution < 1.29 is 39.0 Å². The number of aliphatic hydroxyl groups is 1. The number of carboxylic acid groups (broad SMARTS) is 1. The number of Topliss-reactive ketones (excluding diaryl/α,β-unsaturated/α-hetero) is 1. The predicted molar refractivity (Wildman–Crippen MR) is 274 cm³/mol. The third-order valence-electron chi connectivity index (χ3n) is 15.1. The number of ketones is 1. The van der Waals surface area contributed by atoms with Crippen LogP contribution in [0.3, 0.4) is 0 Å². The number of nitrogens with one attached hydrogen (secondary N) is 3. The van der Waals surface area contributed by atoms with Gasteiger partial charge in [0.1, 0.15) is 6.04 Å². The summed E-state index contributed by atoms with van der Waals surface area (Å²) in [5.74, 6) is -3.27. The number of rotatable bonds is 16. The van der Waals surface area contributed by atoms with E-state index >= 15 is 0 Å². The Bertz CT molecular complexity index is 2180. The summed E-state index contributed by atoms with van der Waals surface area (Å²) < 4.78 is 0. The zero-order valence-electron chi connectivity index (χ0n) is 42.7. The van der Waals surface area contributed by atoms with E-state index in [2.05, 4.69) is 52.3 Å². The Balaban J connectivity index is 0.000000269. The number of nitrogens with two attached hydrogens (primary N) is 1. The van der Waals surface area contributed by atoms with Crippen LogP contribution >= 0.6 is 0 Å². The minimum absolute atomic E-state index is 0.0846. The number of carboxylic acids is 1. The smallest absolute Gasteiger partial charge is 0.315 e. The number of aliphatic hydroxyl groups excluding tert-OH is 1. The Morgan fingerprint density at radius 2 is 1.11 bits per heavy atom. The van der Waals surface area contributed by atoms with Crippen LogP contribution in [0.15, 0.2) is 91.0 Å². The molecule has 0 radical (unpaired) electrons. The van der Waals surface area contributed by atoms with Gasteiger partial charge in [0.15, 0.2) is 0 Å². The van der Waals surface area contributed by atoms with Crippen LogP contribution in [0.5, 0.6) is 0 Å². The fourth-order valence-corrected chi connectivity index (χ4v) is 10.9. The average molecular weight is 964 g/mol. The third-order valence-corrected chi connectivity index (χ3v) is 15.1. The summed E-state index contributed by atoms with van der Waals surface area (Å²) >= 11 is 0. The highest BCUT2D eigenvalue weighted by molar-refractivity contribution is 6.37. The van der Waals surface area contributed by atoms with Gasteiger partial charge < -0.3 is 36.8 Å². The standard InChI is InChI=1S/C33H51N5O5.C12H14O2.C12H16O/c1-31(2,3)27(36-30(43)37-32(4,5)6)29(42)38(21-33(17-10-11-18-33)23-15-8-7-9-16-23)20-25(39)35-24(26(40)28(34)41)19-22-13-12-14-22;13-11(14)12(8-4-5-9-12)10-6-2-1-3-7-10;13-10-12(8-4-5-9-12)11-6-2-1-3-7-11/h7-9,15-16,22,24,27H,10-14,17-21H2,1-6H3,(H2,34,41)(H,35,39)(H2,36,37,43);1-3,6-7H,4-5,8-9H2,(H,13,14);1-3,6-7,13H,4-5,8-10H2/t24?,27-;;/m1../s1. The molecular weight excluding hydrogens is 883 g/mol. The molecule has 0 aliphatic heterocycles. The zero-order valence-corrected chi connectivity index (χ0v) is 42.7. The molecule has 0 heterocycles. The molecule has 3 aromatic rings. The van der Waals surface area contributed by atoms with Crippen LogP contribution in [-0.2, 0) is 40.2 Å². The summed E-state index contributed by atoms with van der Waals surface area (Å²) in [6, 6.07) is 27.6. The normalized spacial score (nSPS) is 18.8. The molecule has 4 fully saturated rings. The highest BCUT2D eigenvalue weighted by atomic mass is 16.4. The molecule has 4 aliphatic rings. The molecule has 0 bridgehead atoms. The van der Waals surface area contributed by atoms with Crippen LogP contribution in [0.4, 0.5) is 4.79 Å². The van der Waals surface area contributed by atoms with Gasteiger partial charge in [-0.2, -0.15) is 0 Å². The molecular formula is C57H81N5O8. The summed E-state index contributed by atoms with van der Waals surface area (Å²) in [4.78, 5) is 78.2. The second-order valence-electron chi connectivity index (χ2n) is 22.5. The van der Waals surface area contributed by atoms with E-state index < -0.39 is 58.1 Å². The molecule has 7 rings (SSSR count). The lowest BCUT2D eigenvalue weighted by molar-refractivity contribution is -0.143. The van der Waals surface area contributed by atoms with Crippen molar-refractivity contribution in [3.8, 4) is 0 Å². The lowest BCUT2D eigenvalue weighted by atomic mass is 9.77. The summed E-state index contributed by atoms with van der Waals surface area (Å²) in [7, 11) is 0. The first kappa shape index (κ1) is 55.4. The van der Waals surface area contributed by atoms with Crippen molar-refractivity contribution in [1.82, 2.24) is 20.9 Å². The van der Waals surface area contributed by atoms with Crippen molar-refractivity contribution in [2.75, 3.05) is 19.7 Å². The summed E-state index contributed by atoms with van der Waals surface area (Å²) in [5.41, 5.74) is 6.63. The van der Waals surface area contributed by atoms with Crippen molar-refractivity contribution in [3.05, 3.63) is 108 Å². The van der Waals surface area contributed by atoms with Gasteiger partial charge in [0, 0.05) is 22.9 Å². The van der Waals surface area contributed by atoms with Gasteiger partial charge in [0.05, 0.1) is 24.6 Å². The maximum Gasteiger partial charge on any atom is 0.315 e. The number of primary amides is 1. The summed E-state index contributed by atoms with van der Waals surface area (Å²) in [6.07, 6.45) is 15.4. The number of carbonyl (C=O) groups is 6. The Hall–Kier alpha value is -5.56. The number of hydrogen-bond acceptors (Lipinski definition) is 7. The molecule has 2 atom stereocenters. The molecule has 70 heavy (non-hydrogen) atoms. The number of amides is 5. The first-order valence-corrected chi connectivity index (χ1v) is 25.6. The average Bonchev–Trinajstić information content (AvgIpc) is 4.12. The Labute approximate surface area is 416 Å². The Kier molecular flexibility index (Phi) is 19.4. The first-order valence-electron chi connectivity index (χ1n) is 25.6. The van der Waals surface area contributed by atoms with E-state index in [4.69, 9.17) is 5.73 Å². The van der Waals surface area contributed by atoms with Crippen molar-refractivity contribution in [3.63, 3.8) is 0 Å². The Morgan fingerprint density at radius 1 is 0.657 bits per heavy atom. The number of benzene rings is 3. The second-order valence-corrected chi connectivity index (χ2v) is 22.5. The first-order chi connectivity index (χ1) is 33.1. The van der Waals surface area contributed by atoms with Crippen LogP contribution in [0.1, 0.15) is 161 Å². The summed E-state index contributed by atoms with van der Waals surface area (Å²) in [6.45, 7) is 11.4. The topological polar surface area (TPSA) is 208 Å². The van der Waals surface area contributed by atoms with Crippen molar-refractivity contribution in [2.24, 2.45) is 17.1 Å². The molecule has 7 N–H and O–H groups in total. The van der Waals surface area contributed by atoms with Gasteiger partial charge in [-0.3, -0.25) is 24.0 Å². The van der Waals surface area contributed by atoms with E-state index in [1.165, 1.54) is 23.3 Å². The van der Waals surface area contributed by atoms with E-state index in [1.807, 2.05) is 96.1 Å². The lowest BCUT2D eigenvalue weighted by Crippen LogP contribution is -2.61. The molecule has 0 saturated heterocycles. The van der Waals surface area contributed by atoms with E-state index in [1.54, 1.807) is 0 Å². The molecule has 0 aromatic heterocycles. The molecule has 5 amide bonds. The van der Waals surface area contributed by atoms with Gasteiger partial charge in [-0.05, 0) is 93.7 Å². The fourth-order valence-electron chi connectivity index (χ4n) is 10.9. The molecule has 13 heteroatoms. The SMILES string of the molecule is CC(C)(C)NC(=O)N[C@H](C(=O)N(CC(=O)NC(CC1CCC1)C(=O)C(N)=O)CC1(c2ccccc2)CCCC1)C(C)(C)C.O=C(O)C1(c2ccccc2)CCCC1.OCC1(c2ccccc2)CCCC1. The quantitative estimate of drug-likeness (QED) is 0.0764. The monoisotopic (exact) mass is 964 g/mol. The molecule has 382 valence electrons. The predicted octanol–water partition coefficient (Wildman–Crippen LogP) is 8.64. The van der Waals surface area contributed by atoms with Gasteiger partial charge >= 0.3 is 12.0 Å². The van der Waals surface area contributed by atoms with E-state index in [-0.39, 0.29) is 35.7 Å². The van der Waals surface area contributed by atoms with E-state index in [0.717, 1.165) is 94.6 Å². The maximum absolute atomic E-state index is 14.4. The van der Waals surface area contributed by atoms with Crippen LogP contribution in [-0.4, -0.2) is 87.9 Å². The molecule has 4 aliphatic carbocycles. The van der Waals surface area contributed by atoms with Gasteiger partial charge in [-0.15, -0.1) is 0 Å². The summed E-state index contributed by atoms with van der Waals surface area (Å²) in [5, 5.41) is 27.2. The van der Waals surface area contributed by atoms with Gasteiger partial charge in [0.2, 0.25) is 17.6 Å². The van der Waals surface area contributed by atoms with Crippen LogP contribution < -0.4 is 21.7 Å². The molecule has 1 unspecified atom stereocenters. The highest BCUT2D eigenvalue weighted by Gasteiger charge is 2.44. The minimum Gasteiger partial charge on any atom is -0.481 e. The minimum atomic E-state index is -1.09. The van der Waals surface area contributed by atoms with Gasteiger partial charge in [-0.1, -0.05) is 170 Å². The van der Waals surface area contributed by atoms with Gasteiger partial charge in [0.25, 0.3) is 5.91 Å². The Morgan fingerprint density at radius 3 is 1.53 bits per heavy atom. The number of hydrogen-bond donors (Lipinski definition) is 6. The van der Waals surface area contributed by atoms with Crippen molar-refractivity contribution in [1.29, 1.82) is 0 Å². The lowest BCUT2D eigenvalue weighted by Gasteiger charge is -2.40. The van der Waals surface area contributed by atoms with Crippen molar-refractivity contribution >= 4 is 35.5 Å². The highest BCUT2D eigenvalue weighted by Crippen LogP contribution is 2.43. The fraction of sp³-hybridized carbons (Fsp3) is 0.579. The second kappa shape index (κ2) is 24.5.